The lowest BCUT2D eigenvalue weighted by Crippen LogP contribution is -2.38. The molecule has 4 nitrogen and oxygen atoms in total. The van der Waals surface area contributed by atoms with Gasteiger partial charge in [0.25, 0.3) is 0 Å². The van der Waals surface area contributed by atoms with E-state index < -0.39 is 0 Å². The molecule has 1 aromatic heterocycles. The van der Waals surface area contributed by atoms with Crippen molar-refractivity contribution in [3.05, 3.63) is 17.5 Å². The molecule has 0 saturated carbocycles. The van der Waals surface area contributed by atoms with Crippen LogP contribution in [-0.2, 0) is 0 Å². The molecule has 1 atom stereocenters. The molecule has 1 aromatic rings. The van der Waals surface area contributed by atoms with Crippen LogP contribution in [-0.4, -0.2) is 40.5 Å². The molecule has 0 amide bonds. The van der Waals surface area contributed by atoms with Gasteiger partial charge in [0.15, 0.2) is 0 Å². The minimum atomic E-state index is 0.393. The topological polar surface area (TPSA) is 41.1 Å². The van der Waals surface area contributed by atoms with E-state index in [1.807, 2.05) is 19.9 Å². The molecule has 4 heteroatoms. The SMILES string of the molecule is Cc1cc(C)nc(NC(C)CN2CCCCC2)n1. The van der Waals surface area contributed by atoms with Crippen LogP contribution in [0.1, 0.15) is 37.6 Å². The van der Waals surface area contributed by atoms with E-state index >= 15 is 0 Å². The Labute approximate surface area is 110 Å². The van der Waals surface area contributed by atoms with Gasteiger partial charge in [0.1, 0.15) is 0 Å². The molecule has 0 aromatic carbocycles. The van der Waals surface area contributed by atoms with Gasteiger partial charge in [-0.05, 0) is 52.8 Å². The lowest BCUT2D eigenvalue weighted by molar-refractivity contribution is 0.223. The zero-order valence-electron chi connectivity index (χ0n) is 11.7. The number of aryl methyl sites for hydroxylation is 2. The lowest BCUT2D eigenvalue weighted by Gasteiger charge is -2.29. The molecular formula is C14H24N4. The highest BCUT2D eigenvalue weighted by Crippen LogP contribution is 2.10. The standard InChI is InChI=1S/C14H24N4/c1-11-9-12(2)16-14(15-11)17-13(3)10-18-7-5-4-6-8-18/h9,13H,4-8,10H2,1-3H3,(H,15,16,17). The van der Waals surface area contributed by atoms with Gasteiger partial charge < -0.3 is 10.2 Å². The molecule has 2 heterocycles. The monoisotopic (exact) mass is 248 g/mol. The largest absolute Gasteiger partial charge is 0.350 e. The zero-order chi connectivity index (χ0) is 13.0. The fourth-order valence-corrected chi connectivity index (χ4v) is 2.59. The van der Waals surface area contributed by atoms with Gasteiger partial charge in [-0.15, -0.1) is 0 Å². The molecule has 1 unspecified atom stereocenters. The molecule has 1 aliphatic rings. The smallest absolute Gasteiger partial charge is 0.223 e. The first-order valence-electron chi connectivity index (χ1n) is 6.94. The second-order valence-corrected chi connectivity index (χ2v) is 5.38. The van der Waals surface area contributed by atoms with Gasteiger partial charge in [-0.2, -0.15) is 0 Å². The Morgan fingerprint density at radius 1 is 1.17 bits per heavy atom. The molecule has 100 valence electrons. The maximum absolute atomic E-state index is 4.43. The third kappa shape index (κ3) is 3.95. The maximum Gasteiger partial charge on any atom is 0.223 e. The minimum Gasteiger partial charge on any atom is -0.350 e. The van der Waals surface area contributed by atoms with Gasteiger partial charge in [0.05, 0.1) is 0 Å². The van der Waals surface area contributed by atoms with Gasteiger partial charge in [-0.3, -0.25) is 0 Å². The van der Waals surface area contributed by atoms with Crippen molar-refractivity contribution in [2.75, 3.05) is 25.0 Å². The van der Waals surface area contributed by atoms with Gasteiger partial charge >= 0.3 is 0 Å². The van der Waals surface area contributed by atoms with E-state index in [1.165, 1.54) is 32.4 Å². The lowest BCUT2D eigenvalue weighted by atomic mass is 10.1. The van der Waals surface area contributed by atoms with E-state index in [0.29, 0.717) is 6.04 Å². The van der Waals surface area contributed by atoms with Crippen LogP contribution < -0.4 is 5.32 Å². The Kier molecular flexibility index (Phi) is 4.53. The molecule has 0 aliphatic carbocycles. The van der Waals surface area contributed by atoms with E-state index in [4.69, 9.17) is 0 Å². The maximum atomic E-state index is 4.43. The molecule has 0 spiro atoms. The Hall–Kier alpha value is -1.16. The van der Waals surface area contributed by atoms with Crippen LogP contribution in [0.25, 0.3) is 0 Å². The number of hydrogen-bond donors (Lipinski definition) is 1. The van der Waals surface area contributed by atoms with Crippen LogP contribution in [0, 0.1) is 13.8 Å². The van der Waals surface area contributed by atoms with E-state index in [1.54, 1.807) is 0 Å². The average Bonchev–Trinajstić information content (AvgIpc) is 2.28. The molecule has 1 N–H and O–H groups in total. The minimum absolute atomic E-state index is 0.393. The molecule has 2 rings (SSSR count). The number of rotatable bonds is 4. The summed E-state index contributed by atoms with van der Waals surface area (Å²) in [5.74, 6) is 0.761. The molecule has 0 radical (unpaired) electrons. The van der Waals surface area contributed by atoms with E-state index in [-0.39, 0.29) is 0 Å². The summed E-state index contributed by atoms with van der Waals surface area (Å²) in [6.45, 7) is 9.77. The average molecular weight is 248 g/mol. The van der Waals surface area contributed by atoms with Crippen molar-refractivity contribution >= 4 is 5.95 Å². The highest BCUT2D eigenvalue weighted by atomic mass is 15.2. The number of piperidine rings is 1. The first-order valence-corrected chi connectivity index (χ1v) is 6.94. The summed E-state index contributed by atoms with van der Waals surface area (Å²) in [5, 5.41) is 3.41. The number of nitrogens with zero attached hydrogens (tertiary/aromatic N) is 3. The van der Waals surface area contributed by atoms with Crippen molar-refractivity contribution in [1.29, 1.82) is 0 Å². The van der Waals surface area contributed by atoms with Crippen molar-refractivity contribution in [2.45, 2.75) is 46.1 Å². The zero-order valence-corrected chi connectivity index (χ0v) is 11.7. The quantitative estimate of drug-likeness (QED) is 0.888. The fourth-order valence-electron chi connectivity index (χ4n) is 2.59. The van der Waals surface area contributed by atoms with Crippen LogP contribution in [0.4, 0.5) is 5.95 Å². The summed E-state index contributed by atoms with van der Waals surface area (Å²) in [4.78, 5) is 11.4. The summed E-state index contributed by atoms with van der Waals surface area (Å²) in [6, 6.07) is 2.39. The van der Waals surface area contributed by atoms with Crippen molar-refractivity contribution < 1.29 is 0 Å². The number of likely N-dealkylation sites (tertiary alicyclic amines) is 1. The molecular weight excluding hydrogens is 224 g/mol. The van der Waals surface area contributed by atoms with Crippen LogP contribution in [0.2, 0.25) is 0 Å². The van der Waals surface area contributed by atoms with E-state index in [9.17, 15) is 0 Å². The summed E-state index contributed by atoms with van der Waals surface area (Å²) < 4.78 is 0. The summed E-state index contributed by atoms with van der Waals surface area (Å²) in [7, 11) is 0. The molecule has 1 fully saturated rings. The number of hydrogen-bond acceptors (Lipinski definition) is 4. The van der Waals surface area contributed by atoms with Crippen LogP contribution in [0.15, 0.2) is 6.07 Å². The van der Waals surface area contributed by atoms with Crippen molar-refractivity contribution in [2.24, 2.45) is 0 Å². The van der Waals surface area contributed by atoms with Crippen LogP contribution in [0.3, 0.4) is 0 Å². The number of nitrogens with one attached hydrogen (secondary N) is 1. The summed E-state index contributed by atoms with van der Waals surface area (Å²) >= 11 is 0. The van der Waals surface area contributed by atoms with Crippen LogP contribution >= 0.6 is 0 Å². The highest BCUT2D eigenvalue weighted by molar-refractivity contribution is 5.28. The Morgan fingerprint density at radius 3 is 2.39 bits per heavy atom. The van der Waals surface area contributed by atoms with Gasteiger partial charge in [0.2, 0.25) is 5.95 Å². The molecule has 1 saturated heterocycles. The normalized spacial score (nSPS) is 18.6. The van der Waals surface area contributed by atoms with Crippen molar-refractivity contribution in [1.82, 2.24) is 14.9 Å². The summed E-state index contributed by atoms with van der Waals surface area (Å²) in [6.07, 6.45) is 4.07. The number of aromatic nitrogens is 2. The molecule has 18 heavy (non-hydrogen) atoms. The van der Waals surface area contributed by atoms with Crippen molar-refractivity contribution in [3.63, 3.8) is 0 Å². The highest BCUT2D eigenvalue weighted by Gasteiger charge is 2.14. The van der Waals surface area contributed by atoms with E-state index in [0.717, 1.165) is 23.9 Å². The predicted molar refractivity (Wildman–Crippen MR) is 74.9 cm³/mol. The van der Waals surface area contributed by atoms with E-state index in [2.05, 4.69) is 27.1 Å². The van der Waals surface area contributed by atoms with Gasteiger partial charge in [-0.1, -0.05) is 6.42 Å². The van der Waals surface area contributed by atoms with Gasteiger partial charge in [-0.25, -0.2) is 9.97 Å². The van der Waals surface area contributed by atoms with Crippen molar-refractivity contribution in [3.8, 4) is 0 Å². The third-order valence-corrected chi connectivity index (χ3v) is 3.34. The predicted octanol–water partition coefficient (Wildman–Crippen LogP) is 2.38. The summed E-state index contributed by atoms with van der Waals surface area (Å²) in [5.41, 5.74) is 2.05. The Bertz CT molecular complexity index is 365. The Morgan fingerprint density at radius 2 is 1.78 bits per heavy atom. The van der Waals surface area contributed by atoms with Gasteiger partial charge in [0, 0.05) is 24.0 Å². The molecule has 0 bridgehead atoms. The second-order valence-electron chi connectivity index (χ2n) is 5.38. The first kappa shape index (κ1) is 13.3. The second kappa shape index (κ2) is 6.14. The van der Waals surface area contributed by atoms with Crippen LogP contribution in [0.5, 0.6) is 0 Å². The fraction of sp³-hybridized carbons (Fsp3) is 0.714. The third-order valence-electron chi connectivity index (χ3n) is 3.34. The molecule has 1 aliphatic heterocycles. The Balaban J connectivity index is 1.87. The number of anilines is 1. The first-order chi connectivity index (χ1) is 8.63.